The number of benzene rings is 1. The molecule has 0 spiro atoms. The predicted molar refractivity (Wildman–Crippen MR) is 85.7 cm³/mol. The first-order valence-corrected chi connectivity index (χ1v) is 7.20. The van der Waals surface area contributed by atoms with Crippen molar-refractivity contribution in [3.8, 4) is 0 Å². The molecular formula is C18H22N2O. The molecule has 2 rings (SSSR count). The topological polar surface area (TPSA) is 36.4 Å². The summed E-state index contributed by atoms with van der Waals surface area (Å²) in [5.74, 6) is 0. The number of aliphatic hydroxyl groups excluding tert-OH is 1. The van der Waals surface area contributed by atoms with Gasteiger partial charge in [0.25, 0.3) is 0 Å². The molecule has 0 aliphatic carbocycles. The van der Waals surface area contributed by atoms with Crippen molar-refractivity contribution in [3.63, 3.8) is 0 Å². The quantitative estimate of drug-likeness (QED) is 0.792. The van der Waals surface area contributed by atoms with Gasteiger partial charge in [0.1, 0.15) is 0 Å². The summed E-state index contributed by atoms with van der Waals surface area (Å²) in [4.78, 5) is 6.57. The molecule has 3 nitrogen and oxygen atoms in total. The lowest BCUT2D eigenvalue weighted by Gasteiger charge is -2.30. The fraction of sp³-hybridized carbons (Fsp3) is 0.278. The summed E-state index contributed by atoms with van der Waals surface area (Å²) >= 11 is 0. The summed E-state index contributed by atoms with van der Waals surface area (Å²) in [5.41, 5.74) is 2.16. The molecule has 1 heterocycles. The van der Waals surface area contributed by atoms with Gasteiger partial charge in [-0.25, -0.2) is 0 Å². The lowest BCUT2D eigenvalue weighted by Crippen LogP contribution is -2.33. The lowest BCUT2D eigenvalue weighted by atomic mass is 10.0. The van der Waals surface area contributed by atoms with Gasteiger partial charge in [0.2, 0.25) is 0 Å². The van der Waals surface area contributed by atoms with Crippen LogP contribution in [0, 0.1) is 0 Å². The third-order valence-corrected chi connectivity index (χ3v) is 3.35. The first-order valence-electron chi connectivity index (χ1n) is 7.20. The summed E-state index contributed by atoms with van der Waals surface area (Å²) in [6, 6.07) is 16.2. The van der Waals surface area contributed by atoms with Crippen LogP contribution in [0.2, 0.25) is 0 Å². The molecule has 2 unspecified atom stereocenters. The normalized spacial score (nSPS) is 13.9. The van der Waals surface area contributed by atoms with Gasteiger partial charge in [-0.3, -0.25) is 9.88 Å². The highest BCUT2D eigenvalue weighted by molar-refractivity contribution is 5.23. The van der Waals surface area contributed by atoms with Gasteiger partial charge >= 0.3 is 0 Å². The molecule has 1 aromatic carbocycles. The highest BCUT2D eigenvalue weighted by Gasteiger charge is 2.19. The van der Waals surface area contributed by atoms with Crippen molar-refractivity contribution < 1.29 is 5.11 Å². The van der Waals surface area contributed by atoms with Crippen LogP contribution in [-0.4, -0.2) is 27.6 Å². The van der Waals surface area contributed by atoms with Gasteiger partial charge in [-0.2, -0.15) is 0 Å². The van der Waals surface area contributed by atoms with Crippen LogP contribution in [0.25, 0.3) is 0 Å². The predicted octanol–water partition coefficient (Wildman–Crippen LogP) is 3.19. The highest BCUT2D eigenvalue weighted by atomic mass is 16.3. The molecule has 2 atom stereocenters. The van der Waals surface area contributed by atoms with Gasteiger partial charge in [0, 0.05) is 19.3 Å². The Bertz CT molecular complexity index is 540. The third kappa shape index (κ3) is 4.52. The molecule has 0 bridgehead atoms. The van der Waals surface area contributed by atoms with Crippen LogP contribution in [0.15, 0.2) is 67.4 Å². The van der Waals surface area contributed by atoms with E-state index in [0.717, 1.165) is 5.69 Å². The molecule has 0 aliphatic heterocycles. The highest BCUT2D eigenvalue weighted by Crippen LogP contribution is 2.23. The molecule has 21 heavy (non-hydrogen) atoms. The van der Waals surface area contributed by atoms with Crippen LogP contribution in [0.1, 0.15) is 24.2 Å². The van der Waals surface area contributed by atoms with Crippen LogP contribution in [0.5, 0.6) is 0 Å². The SMILES string of the molecule is C=CC(c1ccccc1)N(Cc1ccccn1)CC(C)O. The Balaban J connectivity index is 2.23. The average Bonchev–Trinajstić information content (AvgIpc) is 2.49. The molecular weight excluding hydrogens is 260 g/mol. The van der Waals surface area contributed by atoms with Gasteiger partial charge in [-0.15, -0.1) is 6.58 Å². The van der Waals surface area contributed by atoms with Gasteiger partial charge in [0.05, 0.1) is 17.8 Å². The van der Waals surface area contributed by atoms with Crippen molar-refractivity contribution in [2.75, 3.05) is 6.54 Å². The maximum Gasteiger partial charge on any atom is 0.0639 e. The smallest absolute Gasteiger partial charge is 0.0639 e. The lowest BCUT2D eigenvalue weighted by molar-refractivity contribution is 0.105. The fourth-order valence-corrected chi connectivity index (χ4v) is 2.46. The van der Waals surface area contributed by atoms with Crippen molar-refractivity contribution in [2.24, 2.45) is 0 Å². The Morgan fingerprint density at radius 2 is 1.90 bits per heavy atom. The van der Waals surface area contributed by atoms with E-state index in [1.165, 1.54) is 5.56 Å². The van der Waals surface area contributed by atoms with E-state index in [1.807, 2.05) is 42.5 Å². The molecule has 0 radical (unpaired) electrons. The summed E-state index contributed by atoms with van der Waals surface area (Å²) in [6.45, 7) is 7.02. The zero-order valence-corrected chi connectivity index (χ0v) is 12.4. The van der Waals surface area contributed by atoms with Crippen molar-refractivity contribution in [1.29, 1.82) is 0 Å². The van der Waals surface area contributed by atoms with E-state index in [4.69, 9.17) is 0 Å². The number of hydrogen-bond acceptors (Lipinski definition) is 3. The zero-order chi connectivity index (χ0) is 15.1. The molecule has 0 aliphatic rings. The van der Waals surface area contributed by atoms with Gasteiger partial charge in [0.15, 0.2) is 0 Å². The van der Waals surface area contributed by atoms with E-state index in [9.17, 15) is 5.11 Å². The van der Waals surface area contributed by atoms with Gasteiger partial charge < -0.3 is 5.11 Å². The van der Waals surface area contributed by atoms with Gasteiger partial charge in [-0.1, -0.05) is 42.5 Å². The molecule has 1 N–H and O–H groups in total. The van der Waals surface area contributed by atoms with Crippen molar-refractivity contribution >= 4 is 0 Å². The van der Waals surface area contributed by atoms with Crippen LogP contribution in [0.4, 0.5) is 0 Å². The summed E-state index contributed by atoms with van der Waals surface area (Å²) in [5, 5.41) is 9.80. The van der Waals surface area contributed by atoms with E-state index in [2.05, 4.69) is 28.6 Å². The third-order valence-electron chi connectivity index (χ3n) is 3.35. The number of nitrogens with zero attached hydrogens (tertiary/aromatic N) is 2. The first-order chi connectivity index (χ1) is 10.2. The van der Waals surface area contributed by atoms with E-state index in [-0.39, 0.29) is 6.04 Å². The summed E-state index contributed by atoms with van der Waals surface area (Å²) in [7, 11) is 0. The number of aromatic nitrogens is 1. The molecule has 2 aromatic rings. The van der Waals surface area contributed by atoms with Gasteiger partial charge in [-0.05, 0) is 24.6 Å². The second-order valence-electron chi connectivity index (χ2n) is 5.19. The number of pyridine rings is 1. The Kier molecular flexibility index (Phi) is 5.67. The van der Waals surface area contributed by atoms with E-state index < -0.39 is 6.10 Å². The van der Waals surface area contributed by atoms with E-state index in [1.54, 1.807) is 13.1 Å². The standard InChI is InChI=1S/C18H22N2O/c1-3-18(16-9-5-4-6-10-16)20(13-15(2)21)14-17-11-7-8-12-19-17/h3-12,15,18,21H,1,13-14H2,2H3. The Morgan fingerprint density at radius 3 is 2.48 bits per heavy atom. The Labute approximate surface area is 126 Å². The first kappa shape index (κ1) is 15.4. The maximum absolute atomic E-state index is 9.80. The van der Waals surface area contributed by atoms with Crippen LogP contribution >= 0.6 is 0 Å². The number of hydrogen-bond donors (Lipinski definition) is 1. The van der Waals surface area contributed by atoms with Crippen LogP contribution in [0.3, 0.4) is 0 Å². The largest absolute Gasteiger partial charge is 0.392 e. The minimum absolute atomic E-state index is 0.0582. The average molecular weight is 282 g/mol. The zero-order valence-electron chi connectivity index (χ0n) is 12.4. The molecule has 0 amide bonds. The summed E-state index contributed by atoms with van der Waals surface area (Å²) < 4.78 is 0. The van der Waals surface area contributed by atoms with Crippen LogP contribution in [-0.2, 0) is 6.54 Å². The van der Waals surface area contributed by atoms with Crippen molar-refractivity contribution in [1.82, 2.24) is 9.88 Å². The Morgan fingerprint density at radius 1 is 1.19 bits per heavy atom. The number of rotatable bonds is 7. The maximum atomic E-state index is 9.80. The molecule has 3 heteroatoms. The summed E-state index contributed by atoms with van der Waals surface area (Å²) in [6.07, 6.45) is 3.31. The monoisotopic (exact) mass is 282 g/mol. The van der Waals surface area contributed by atoms with Crippen molar-refractivity contribution in [2.45, 2.75) is 25.6 Å². The van der Waals surface area contributed by atoms with E-state index in [0.29, 0.717) is 13.1 Å². The molecule has 0 fully saturated rings. The molecule has 110 valence electrons. The second kappa shape index (κ2) is 7.72. The van der Waals surface area contributed by atoms with Crippen LogP contribution < -0.4 is 0 Å². The molecule has 1 aromatic heterocycles. The molecule has 0 saturated carbocycles. The minimum atomic E-state index is -0.403. The fourth-order valence-electron chi connectivity index (χ4n) is 2.46. The molecule has 0 saturated heterocycles. The number of aliphatic hydroxyl groups is 1. The second-order valence-corrected chi connectivity index (χ2v) is 5.19. The van der Waals surface area contributed by atoms with E-state index >= 15 is 0 Å². The minimum Gasteiger partial charge on any atom is -0.392 e. The Hall–Kier alpha value is -1.97. The van der Waals surface area contributed by atoms with Crippen molar-refractivity contribution in [3.05, 3.63) is 78.6 Å².